The number of anilines is 1. The third-order valence-electron chi connectivity index (χ3n) is 2.91. The highest BCUT2D eigenvalue weighted by Gasteiger charge is 2.32. The molecule has 1 aliphatic rings. The summed E-state index contributed by atoms with van der Waals surface area (Å²) in [5, 5.41) is -0.684. The van der Waals surface area contributed by atoms with Gasteiger partial charge in [0.25, 0.3) is 0 Å². The van der Waals surface area contributed by atoms with Gasteiger partial charge in [0.2, 0.25) is 10.0 Å². The number of nitrogens with one attached hydrogen (secondary N) is 1. The molecule has 106 valence electrons. The van der Waals surface area contributed by atoms with Crippen molar-refractivity contribution in [1.29, 1.82) is 0 Å². The minimum Gasteiger partial charge on any atom is -0.267 e. The van der Waals surface area contributed by atoms with Gasteiger partial charge >= 0.3 is 0 Å². The van der Waals surface area contributed by atoms with Gasteiger partial charge in [0, 0.05) is 10.7 Å². The largest absolute Gasteiger partial charge is 0.267 e. The van der Waals surface area contributed by atoms with Crippen LogP contribution in [0.3, 0.4) is 0 Å². The lowest BCUT2D eigenvalue weighted by molar-refractivity contribution is 0.555. The number of rotatable bonds is 3. The maximum absolute atomic E-state index is 12.1. The van der Waals surface area contributed by atoms with Crippen molar-refractivity contribution in [2.24, 2.45) is 0 Å². The van der Waals surface area contributed by atoms with Gasteiger partial charge < -0.3 is 0 Å². The predicted octanol–water partition coefficient (Wildman–Crippen LogP) is 1.16. The summed E-state index contributed by atoms with van der Waals surface area (Å²) >= 11 is 3.23. The summed E-state index contributed by atoms with van der Waals surface area (Å²) in [4.78, 5) is 3.91. The molecule has 1 fully saturated rings. The van der Waals surface area contributed by atoms with Crippen LogP contribution in [0.4, 0.5) is 5.82 Å². The number of hydrogen-bond donors (Lipinski definition) is 1. The van der Waals surface area contributed by atoms with E-state index in [1.807, 2.05) is 0 Å². The van der Waals surface area contributed by atoms with Gasteiger partial charge in [0.15, 0.2) is 0 Å². The fourth-order valence-corrected chi connectivity index (χ4v) is 5.42. The van der Waals surface area contributed by atoms with Crippen LogP contribution in [0.15, 0.2) is 22.8 Å². The summed E-state index contributed by atoms with van der Waals surface area (Å²) in [6.07, 6.45) is 1.74. The van der Waals surface area contributed by atoms with Crippen molar-refractivity contribution in [3.8, 4) is 0 Å². The minimum atomic E-state index is -3.60. The van der Waals surface area contributed by atoms with Crippen molar-refractivity contribution >= 4 is 41.6 Å². The van der Waals surface area contributed by atoms with Crippen molar-refractivity contribution in [1.82, 2.24) is 4.98 Å². The highest BCUT2D eigenvalue weighted by molar-refractivity contribution is 9.10. The van der Waals surface area contributed by atoms with E-state index in [1.54, 1.807) is 12.1 Å². The van der Waals surface area contributed by atoms with Crippen molar-refractivity contribution in [3.63, 3.8) is 0 Å². The Kier molecular flexibility index (Phi) is 4.17. The molecule has 1 aromatic heterocycles. The maximum atomic E-state index is 12.1. The Balaban J connectivity index is 2.11. The van der Waals surface area contributed by atoms with Crippen LogP contribution in [0, 0.1) is 0 Å². The third kappa shape index (κ3) is 3.90. The SMILES string of the molecule is O=S1(=O)CCC(S(=O)(=O)Nc2cc(Br)ccn2)CC1. The monoisotopic (exact) mass is 368 g/mol. The average Bonchev–Trinajstić information content (AvgIpc) is 2.27. The first-order chi connectivity index (χ1) is 8.78. The molecule has 2 heterocycles. The first kappa shape index (κ1) is 14.7. The highest BCUT2D eigenvalue weighted by Crippen LogP contribution is 2.22. The second-order valence-corrected chi connectivity index (χ2v) is 9.54. The Labute approximate surface area is 120 Å². The number of halogens is 1. The number of pyridine rings is 1. The lowest BCUT2D eigenvalue weighted by atomic mass is 10.2. The summed E-state index contributed by atoms with van der Waals surface area (Å²) in [6, 6.07) is 3.24. The zero-order valence-corrected chi connectivity index (χ0v) is 13.1. The maximum Gasteiger partial charge on any atom is 0.236 e. The second kappa shape index (κ2) is 5.37. The quantitative estimate of drug-likeness (QED) is 0.863. The van der Waals surface area contributed by atoms with Crippen LogP contribution in [0.25, 0.3) is 0 Å². The predicted molar refractivity (Wildman–Crippen MR) is 76.2 cm³/mol. The Bertz CT molecular complexity index is 659. The third-order valence-corrected chi connectivity index (χ3v) is 6.96. The van der Waals surface area contributed by atoms with E-state index in [-0.39, 0.29) is 30.2 Å². The van der Waals surface area contributed by atoms with Crippen molar-refractivity contribution in [2.45, 2.75) is 18.1 Å². The van der Waals surface area contributed by atoms with E-state index in [0.717, 1.165) is 0 Å². The summed E-state index contributed by atoms with van der Waals surface area (Å²) in [6.45, 7) is 0. The Morgan fingerprint density at radius 1 is 1.32 bits per heavy atom. The van der Waals surface area contributed by atoms with E-state index in [2.05, 4.69) is 25.6 Å². The highest BCUT2D eigenvalue weighted by atomic mass is 79.9. The zero-order chi connectivity index (χ0) is 14.1. The topological polar surface area (TPSA) is 93.2 Å². The van der Waals surface area contributed by atoms with E-state index < -0.39 is 25.1 Å². The molecular weight excluding hydrogens is 356 g/mol. The lowest BCUT2D eigenvalue weighted by Gasteiger charge is -2.22. The van der Waals surface area contributed by atoms with Gasteiger partial charge in [0.05, 0.1) is 16.8 Å². The van der Waals surface area contributed by atoms with Crippen LogP contribution in [-0.2, 0) is 19.9 Å². The van der Waals surface area contributed by atoms with Crippen molar-refractivity contribution in [3.05, 3.63) is 22.8 Å². The van der Waals surface area contributed by atoms with E-state index in [4.69, 9.17) is 0 Å². The van der Waals surface area contributed by atoms with E-state index in [1.165, 1.54) is 6.20 Å². The average molecular weight is 369 g/mol. The standard InChI is InChI=1S/C10H13BrN2O4S2/c11-8-1-4-12-10(7-8)13-19(16,17)9-2-5-18(14,15)6-3-9/h1,4,7,9H,2-3,5-6H2,(H,12,13). The number of nitrogens with zero attached hydrogens (tertiary/aromatic N) is 1. The van der Waals surface area contributed by atoms with Crippen LogP contribution in [-0.4, -0.2) is 38.6 Å². The van der Waals surface area contributed by atoms with E-state index in [0.29, 0.717) is 4.47 Å². The normalized spacial score (nSPS) is 20.1. The Hall–Kier alpha value is -0.670. The molecule has 6 nitrogen and oxygen atoms in total. The van der Waals surface area contributed by atoms with Gasteiger partial charge in [-0.2, -0.15) is 0 Å². The lowest BCUT2D eigenvalue weighted by Crippen LogP contribution is -2.36. The van der Waals surface area contributed by atoms with Gasteiger partial charge in [-0.05, 0) is 25.0 Å². The fraction of sp³-hybridized carbons (Fsp3) is 0.500. The molecule has 0 radical (unpaired) electrons. The first-order valence-electron chi connectivity index (χ1n) is 5.62. The van der Waals surface area contributed by atoms with Gasteiger partial charge in [-0.1, -0.05) is 15.9 Å². The van der Waals surface area contributed by atoms with Gasteiger partial charge in [-0.25, -0.2) is 21.8 Å². The summed E-state index contributed by atoms with van der Waals surface area (Å²) in [5.74, 6) is 0.0671. The molecule has 0 bridgehead atoms. The molecule has 0 unspecified atom stereocenters. The Morgan fingerprint density at radius 3 is 2.53 bits per heavy atom. The van der Waals surface area contributed by atoms with Gasteiger partial charge in [-0.3, -0.25) is 4.72 Å². The molecule has 0 atom stereocenters. The van der Waals surface area contributed by atoms with Gasteiger partial charge in [-0.15, -0.1) is 0 Å². The number of aromatic nitrogens is 1. The minimum absolute atomic E-state index is 0.0789. The van der Waals surface area contributed by atoms with Crippen LogP contribution in [0.5, 0.6) is 0 Å². The molecule has 1 aliphatic heterocycles. The molecule has 0 aromatic carbocycles. The fourth-order valence-electron chi connectivity index (χ4n) is 1.87. The van der Waals surface area contributed by atoms with E-state index >= 15 is 0 Å². The summed E-state index contributed by atoms with van der Waals surface area (Å²) in [5.41, 5.74) is 0. The van der Waals surface area contributed by atoms with Crippen LogP contribution >= 0.6 is 15.9 Å². The molecule has 1 aromatic rings. The molecular formula is C10H13BrN2O4S2. The molecule has 1 saturated heterocycles. The molecule has 2 rings (SSSR count). The van der Waals surface area contributed by atoms with E-state index in [9.17, 15) is 16.8 Å². The molecule has 0 amide bonds. The molecule has 0 aliphatic carbocycles. The smallest absolute Gasteiger partial charge is 0.236 e. The molecule has 0 saturated carbocycles. The number of sulfonamides is 1. The summed E-state index contributed by atoms with van der Waals surface area (Å²) < 4.78 is 49.9. The van der Waals surface area contributed by atoms with Crippen LogP contribution in [0.2, 0.25) is 0 Å². The molecule has 9 heteroatoms. The van der Waals surface area contributed by atoms with Crippen molar-refractivity contribution < 1.29 is 16.8 Å². The second-order valence-electron chi connectivity index (χ2n) is 4.36. The molecule has 0 spiro atoms. The first-order valence-corrected chi connectivity index (χ1v) is 9.78. The molecule has 1 N–H and O–H groups in total. The van der Waals surface area contributed by atoms with Crippen molar-refractivity contribution in [2.75, 3.05) is 16.2 Å². The van der Waals surface area contributed by atoms with Gasteiger partial charge in [0.1, 0.15) is 15.7 Å². The Morgan fingerprint density at radius 2 is 1.95 bits per heavy atom. The number of hydrogen-bond acceptors (Lipinski definition) is 5. The summed E-state index contributed by atoms with van der Waals surface area (Å²) in [7, 11) is -6.67. The van der Waals surface area contributed by atoms with Crippen LogP contribution in [0.1, 0.15) is 12.8 Å². The molecule has 19 heavy (non-hydrogen) atoms. The zero-order valence-electron chi connectivity index (χ0n) is 9.91. The number of sulfone groups is 1. The van der Waals surface area contributed by atoms with Crippen LogP contribution < -0.4 is 4.72 Å².